The second kappa shape index (κ2) is 13.2. The van der Waals surface area contributed by atoms with Gasteiger partial charge in [0.25, 0.3) is 9.84 Å². The van der Waals surface area contributed by atoms with E-state index in [1.54, 1.807) is 0 Å². The molecule has 2 aromatic carbocycles. The molecule has 0 unspecified atom stereocenters. The summed E-state index contributed by atoms with van der Waals surface area (Å²) in [6.45, 7) is 6.25. The first kappa shape index (κ1) is 31.7. The fraction of sp³-hybridized carbons (Fsp3) is 0.520. The van der Waals surface area contributed by atoms with Gasteiger partial charge in [0.05, 0.1) is 22.8 Å². The molecule has 3 N–H and O–H groups in total. The van der Waals surface area contributed by atoms with Crippen LogP contribution < -0.4 is 10.5 Å². The molecule has 1 saturated heterocycles. The molecular formula is C25H34F3N3O5S3. The van der Waals surface area contributed by atoms with Crippen LogP contribution in [-0.2, 0) is 24.6 Å². The highest BCUT2D eigenvalue weighted by Gasteiger charge is 2.48. The summed E-state index contributed by atoms with van der Waals surface area (Å²) in [5.41, 5.74) is -5.96. The first-order valence-electron chi connectivity index (χ1n) is 12.5. The van der Waals surface area contributed by atoms with Gasteiger partial charge in [-0.15, -0.1) is 11.8 Å². The third kappa shape index (κ3) is 9.08. The zero-order valence-corrected chi connectivity index (χ0v) is 24.2. The Hall–Kier alpha value is -1.84. The molecule has 0 amide bonds. The molecule has 1 aliphatic heterocycles. The maximum atomic E-state index is 13.5. The monoisotopic (exact) mass is 609 g/mol. The number of sulfonamides is 1. The molecule has 0 saturated carbocycles. The molecule has 1 heterocycles. The zero-order chi connectivity index (χ0) is 28.8. The van der Waals surface area contributed by atoms with Crippen molar-refractivity contribution in [3.8, 4) is 0 Å². The highest BCUT2D eigenvalue weighted by atomic mass is 32.2. The predicted octanol–water partition coefficient (Wildman–Crippen LogP) is 4.48. The van der Waals surface area contributed by atoms with E-state index >= 15 is 0 Å². The Morgan fingerprint density at radius 3 is 2.28 bits per heavy atom. The lowest BCUT2D eigenvalue weighted by Crippen LogP contribution is -2.40. The third-order valence-electron chi connectivity index (χ3n) is 6.22. The highest BCUT2D eigenvalue weighted by molar-refractivity contribution is 7.99. The van der Waals surface area contributed by atoms with Gasteiger partial charge in [-0.2, -0.15) is 13.2 Å². The summed E-state index contributed by atoms with van der Waals surface area (Å²) < 4.78 is 94.8. The van der Waals surface area contributed by atoms with Crippen molar-refractivity contribution in [3.05, 3.63) is 48.5 Å². The lowest BCUT2D eigenvalue weighted by atomic mass is 10.1. The summed E-state index contributed by atoms with van der Waals surface area (Å²) in [5, 5.41) is 8.03. The summed E-state index contributed by atoms with van der Waals surface area (Å²) in [5.74, 6) is 0.430. The molecule has 2 aromatic rings. The third-order valence-corrected chi connectivity index (χ3v) is 9.83. The number of thioether (sulfide) groups is 1. The van der Waals surface area contributed by atoms with E-state index in [0.29, 0.717) is 24.8 Å². The van der Waals surface area contributed by atoms with Crippen LogP contribution >= 0.6 is 11.8 Å². The van der Waals surface area contributed by atoms with E-state index in [2.05, 4.69) is 10.2 Å². The molecule has 1 fully saturated rings. The van der Waals surface area contributed by atoms with Gasteiger partial charge in [0.2, 0.25) is 10.0 Å². The van der Waals surface area contributed by atoms with Gasteiger partial charge in [-0.25, -0.2) is 22.0 Å². The van der Waals surface area contributed by atoms with Crippen molar-refractivity contribution in [2.75, 3.05) is 30.7 Å². The summed E-state index contributed by atoms with van der Waals surface area (Å²) >= 11 is 1.48. The number of halogens is 3. The van der Waals surface area contributed by atoms with Crippen LogP contribution in [0, 0.1) is 0 Å². The highest BCUT2D eigenvalue weighted by Crippen LogP contribution is 2.36. The van der Waals surface area contributed by atoms with Gasteiger partial charge in [-0.1, -0.05) is 18.2 Å². The minimum absolute atomic E-state index is 0.146. The van der Waals surface area contributed by atoms with Crippen LogP contribution in [0.5, 0.6) is 0 Å². The standard InChI is InChI=1S/C25H34F3N3O5S3/c1-18(2)36-20-11-14-31(15-12-20)13-10-19(17-37-21-6-4-3-5-7-21)30-23-9-8-22(39(29,34)35)16-24(23)38(32,33)25(26,27)28/h3-9,16,18-20,30H,10-15,17H2,1-2H3,(H2,29,34,35)/t19-/m1/s1. The number of alkyl halides is 3. The molecule has 0 spiro atoms. The number of hydrogen-bond donors (Lipinski definition) is 2. The number of rotatable bonds is 12. The lowest BCUT2D eigenvalue weighted by Gasteiger charge is -2.34. The van der Waals surface area contributed by atoms with E-state index < -0.39 is 41.2 Å². The van der Waals surface area contributed by atoms with Crippen LogP contribution in [0.2, 0.25) is 0 Å². The topological polar surface area (TPSA) is 119 Å². The molecule has 8 nitrogen and oxygen atoms in total. The SMILES string of the molecule is CC(C)OC1CCN(CC[C@H](CSc2ccccc2)Nc2ccc(S(N)(=O)=O)cc2S(=O)(=O)C(F)(F)F)CC1. The van der Waals surface area contributed by atoms with E-state index in [1.807, 2.05) is 44.2 Å². The molecule has 218 valence electrons. The number of ether oxygens (including phenoxy) is 1. The molecule has 3 rings (SSSR count). The van der Waals surface area contributed by atoms with Gasteiger partial charge in [0.1, 0.15) is 4.90 Å². The number of anilines is 1. The summed E-state index contributed by atoms with van der Waals surface area (Å²) in [4.78, 5) is 1.29. The number of hydrogen-bond acceptors (Lipinski definition) is 8. The van der Waals surface area contributed by atoms with Crippen LogP contribution in [-0.4, -0.2) is 70.9 Å². The Morgan fingerprint density at radius 2 is 1.72 bits per heavy atom. The number of nitrogens with zero attached hydrogens (tertiary/aromatic N) is 1. The average Bonchev–Trinajstić information content (AvgIpc) is 2.85. The van der Waals surface area contributed by atoms with Crippen molar-refractivity contribution in [2.24, 2.45) is 5.14 Å². The van der Waals surface area contributed by atoms with Crippen LogP contribution in [0.3, 0.4) is 0 Å². The van der Waals surface area contributed by atoms with Crippen LogP contribution in [0.1, 0.15) is 33.1 Å². The van der Waals surface area contributed by atoms with Gasteiger partial charge in [-0.3, -0.25) is 0 Å². The summed E-state index contributed by atoms with van der Waals surface area (Å²) in [7, 11) is -10.3. The first-order valence-corrected chi connectivity index (χ1v) is 16.5. The predicted molar refractivity (Wildman–Crippen MR) is 146 cm³/mol. The summed E-state index contributed by atoms with van der Waals surface area (Å²) in [6, 6.07) is 11.5. The molecule has 0 radical (unpaired) electrons. The number of nitrogens with two attached hydrogens (primary N) is 1. The fourth-order valence-corrected chi connectivity index (χ4v) is 6.82. The smallest absolute Gasteiger partial charge is 0.380 e. The largest absolute Gasteiger partial charge is 0.501 e. The number of likely N-dealkylation sites (tertiary alicyclic amines) is 1. The Kier molecular flexibility index (Phi) is 10.7. The van der Waals surface area contributed by atoms with Crippen molar-refractivity contribution < 1.29 is 34.7 Å². The molecule has 0 aromatic heterocycles. The normalized spacial score (nSPS) is 16.9. The quantitative estimate of drug-likeness (QED) is 0.338. The first-order chi connectivity index (χ1) is 18.2. The van der Waals surface area contributed by atoms with Crippen molar-refractivity contribution in [1.82, 2.24) is 4.90 Å². The minimum Gasteiger partial charge on any atom is -0.380 e. The average molecular weight is 610 g/mol. The van der Waals surface area contributed by atoms with E-state index in [-0.39, 0.29) is 17.9 Å². The van der Waals surface area contributed by atoms with Crippen LogP contribution in [0.4, 0.5) is 18.9 Å². The fourth-order valence-electron chi connectivity index (χ4n) is 4.27. The number of primary sulfonamides is 1. The van der Waals surface area contributed by atoms with E-state index in [1.165, 1.54) is 11.8 Å². The second-order valence-electron chi connectivity index (χ2n) is 9.63. The molecule has 0 aliphatic carbocycles. The van der Waals surface area contributed by atoms with Crippen molar-refractivity contribution in [1.29, 1.82) is 0 Å². The number of sulfone groups is 1. The second-order valence-corrected chi connectivity index (χ2v) is 14.2. The Balaban J connectivity index is 1.83. The van der Waals surface area contributed by atoms with Crippen LogP contribution in [0.25, 0.3) is 0 Å². The number of piperidine rings is 1. The minimum atomic E-state index is -5.87. The lowest BCUT2D eigenvalue weighted by molar-refractivity contribution is -0.0436. The molecule has 1 atom stereocenters. The van der Waals surface area contributed by atoms with E-state index in [9.17, 15) is 30.0 Å². The van der Waals surface area contributed by atoms with Gasteiger partial charge < -0.3 is 15.0 Å². The van der Waals surface area contributed by atoms with Gasteiger partial charge in [0.15, 0.2) is 0 Å². The molecular weight excluding hydrogens is 575 g/mol. The van der Waals surface area contributed by atoms with Crippen LogP contribution in [0.15, 0.2) is 63.2 Å². The molecule has 1 aliphatic rings. The van der Waals surface area contributed by atoms with E-state index in [4.69, 9.17) is 9.88 Å². The maximum absolute atomic E-state index is 13.5. The molecule has 14 heteroatoms. The number of benzene rings is 2. The zero-order valence-electron chi connectivity index (χ0n) is 21.7. The van der Waals surface area contributed by atoms with Crippen molar-refractivity contribution >= 4 is 37.3 Å². The van der Waals surface area contributed by atoms with Crippen molar-refractivity contribution in [2.45, 2.75) is 71.6 Å². The van der Waals surface area contributed by atoms with E-state index in [0.717, 1.165) is 43.0 Å². The van der Waals surface area contributed by atoms with Crippen molar-refractivity contribution in [3.63, 3.8) is 0 Å². The summed E-state index contributed by atoms with van der Waals surface area (Å²) in [6.07, 6.45) is 2.60. The van der Waals surface area contributed by atoms with Gasteiger partial charge in [-0.05, 0) is 63.4 Å². The molecule has 0 bridgehead atoms. The van der Waals surface area contributed by atoms with Gasteiger partial charge >= 0.3 is 5.51 Å². The Bertz CT molecular complexity index is 1300. The molecule has 39 heavy (non-hydrogen) atoms. The Labute approximate surface area is 232 Å². The number of nitrogens with one attached hydrogen (secondary N) is 1. The maximum Gasteiger partial charge on any atom is 0.501 e. The Morgan fingerprint density at radius 1 is 1.08 bits per heavy atom. The van der Waals surface area contributed by atoms with Gasteiger partial charge in [0, 0.05) is 36.3 Å².